The summed E-state index contributed by atoms with van der Waals surface area (Å²) in [5, 5.41) is 8.19. The van der Waals surface area contributed by atoms with E-state index in [2.05, 4.69) is 16.0 Å². The highest BCUT2D eigenvalue weighted by molar-refractivity contribution is 6.10. The van der Waals surface area contributed by atoms with E-state index in [9.17, 15) is 19.2 Å². The average Bonchev–Trinajstić information content (AvgIpc) is 3.12. The van der Waals surface area contributed by atoms with Gasteiger partial charge >= 0.3 is 0 Å². The van der Waals surface area contributed by atoms with Gasteiger partial charge in [0.1, 0.15) is 6.04 Å². The second-order valence-electron chi connectivity index (χ2n) is 7.34. The van der Waals surface area contributed by atoms with Gasteiger partial charge in [0.2, 0.25) is 17.7 Å². The standard InChI is InChI=1S/C22H22N4O4/c27-19(23-14-7-9-15(10-8-14)26-13-3-6-20(26)28)12-11-18-22(30)24-17-5-2-1-4-16(17)21(29)25-18/h1-2,4-5,7-10,18H,3,6,11-13H2,(H,23,27)(H,24,30)(H,25,29)/t18-/m1/s1. The lowest BCUT2D eigenvalue weighted by molar-refractivity contribution is -0.119. The number of carbonyl (C=O) groups excluding carboxylic acids is 4. The molecule has 2 aromatic rings. The molecule has 8 heteroatoms. The molecule has 30 heavy (non-hydrogen) atoms. The van der Waals surface area contributed by atoms with Gasteiger partial charge in [0.05, 0.1) is 11.3 Å². The summed E-state index contributed by atoms with van der Waals surface area (Å²) < 4.78 is 0. The number of benzene rings is 2. The molecule has 0 unspecified atom stereocenters. The first-order chi connectivity index (χ1) is 14.5. The minimum absolute atomic E-state index is 0.0705. The molecule has 2 heterocycles. The van der Waals surface area contributed by atoms with Crippen molar-refractivity contribution >= 4 is 40.7 Å². The number of carbonyl (C=O) groups is 4. The molecule has 0 spiro atoms. The van der Waals surface area contributed by atoms with Crippen molar-refractivity contribution in [2.45, 2.75) is 31.7 Å². The van der Waals surface area contributed by atoms with Crippen molar-refractivity contribution in [1.82, 2.24) is 5.32 Å². The largest absolute Gasteiger partial charge is 0.340 e. The number of hydrogen-bond acceptors (Lipinski definition) is 4. The quantitative estimate of drug-likeness (QED) is 0.708. The van der Waals surface area contributed by atoms with E-state index >= 15 is 0 Å². The maximum Gasteiger partial charge on any atom is 0.254 e. The fourth-order valence-corrected chi connectivity index (χ4v) is 3.66. The van der Waals surface area contributed by atoms with Crippen LogP contribution in [0.5, 0.6) is 0 Å². The van der Waals surface area contributed by atoms with Crippen molar-refractivity contribution in [1.29, 1.82) is 0 Å². The van der Waals surface area contributed by atoms with Gasteiger partial charge in [0.25, 0.3) is 5.91 Å². The summed E-state index contributed by atoms with van der Waals surface area (Å²) in [6.07, 6.45) is 1.67. The fourth-order valence-electron chi connectivity index (χ4n) is 3.66. The van der Waals surface area contributed by atoms with Crippen LogP contribution in [-0.4, -0.2) is 36.2 Å². The van der Waals surface area contributed by atoms with Crippen molar-refractivity contribution < 1.29 is 19.2 Å². The average molecular weight is 406 g/mol. The number of amides is 4. The molecule has 154 valence electrons. The minimum atomic E-state index is -0.792. The molecule has 1 saturated heterocycles. The molecule has 3 N–H and O–H groups in total. The summed E-state index contributed by atoms with van der Waals surface area (Å²) in [5.41, 5.74) is 2.28. The summed E-state index contributed by atoms with van der Waals surface area (Å²) in [6, 6.07) is 13.1. The molecule has 2 aliphatic rings. The Kier molecular flexibility index (Phi) is 5.47. The Morgan fingerprint density at radius 1 is 1.07 bits per heavy atom. The van der Waals surface area contributed by atoms with Crippen molar-refractivity contribution in [3.63, 3.8) is 0 Å². The molecule has 1 atom stereocenters. The van der Waals surface area contributed by atoms with Crippen molar-refractivity contribution in [3.05, 3.63) is 54.1 Å². The number of nitrogens with zero attached hydrogens (tertiary/aromatic N) is 1. The van der Waals surface area contributed by atoms with Crippen molar-refractivity contribution in [2.75, 3.05) is 22.1 Å². The summed E-state index contributed by atoms with van der Waals surface area (Å²) in [6.45, 7) is 0.712. The van der Waals surface area contributed by atoms with Gasteiger partial charge in [-0.05, 0) is 49.2 Å². The van der Waals surface area contributed by atoms with Gasteiger partial charge < -0.3 is 20.9 Å². The maximum absolute atomic E-state index is 12.4. The van der Waals surface area contributed by atoms with Crippen LogP contribution in [0.25, 0.3) is 0 Å². The Morgan fingerprint density at radius 2 is 1.83 bits per heavy atom. The smallest absolute Gasteiger partial charge is 0.254 e. The molecule has 2 aliphatic heterocycles. The first kappa shape index (κ1) is 19.6. The Hall–Kier alpha value is -3.68. The Bertz CT molecular complexity index is 1000. The number of anilines is 3. The first-order valence-electron chi connectivity index (χ1n) is 9.92. The first-order valence-corrected chi connectivity index (χ1v) is 9.92. The second-order valence-corrected chi connectivity index (χ2v) is 7.34. The Morgan fingerprint density at radius 3 is 2.57 bits per heavy atom. The summed E-state index contributed by atoms with van der Waals surface area (Å²) in [4.78, 5) is 50.6. The van der Waals surface area contributed by atoms with Crippen LogP contribution in [0, 0.1) is 0 Å². The van der Waals surface area contributed by atoms with E-state index in [1.807, 2.05) is 0 Å². The molecule has 4 amide bonds. The predicted molar refractivity (Wildman–Crippen MR) is 112 cm³/mol. The van der Waals surface area contributed by atoms with E-state index in [0.29, 0.717) is 29.9 Å². The van der Waals surface area contributed by atoms with Gasteiger partial charge in [-0.15, -0.1) is 0 Å². The highest BCUT2D eigenvalue weighted by Crippen LogP contribution is 2.23. The number of fused-ring (bicyclic) bond motifs is 1. The number of para-hydroxylation sites is 1. The molecule has 0 aromatic heterocycles. The van der Waals surface area contributed by atoms with Crippen LogP contribution in [0.3, 0.4) is 0 Å². The highest BCUT2D eigenvalue weighted by Gasteiger charge is 2.28. The molecule has 0 bridgehead atoms. The molecular formula is C22H22N4O4. The number of rotatable bonds is 5. The molecule has 0 aliphatic carbocycles. The van der Waals surface area contributed by atoms with E-state index in [1.165, 1.54) is 0 Å². The maximum atomic E-state index is 12.4. The van der Waals surface area contributed by atoms with Crippen LogP contribution in [0.15, 0.2) is 48.5 Å². The van der Waals surface area contributed by atoms with E-state index < -0.39 is 6.04 Å². The summed E-state index contributed by atoms with van der Waals surface area (Å²) in [5.74, 6) is -0.844. The van der Waals surface area contributed by atoms with Gasteiger partial charge in [0.15, 0.2) is 0 Å². The summed E-state index contributed by atoms with van der Waals surface area (Å²) >= 11 is 0. The van der Waals surface area contributed by atoms with Gasteiger partial charge in [0, 0.05) is 30.8 Å². The van der Waals surface area contributed by atoms with Crippen LogP contribution in [-0.2, 0) is 14.4 Å². The second kappa shape index (κ2) is 8.36. The van der Waals surface area contributed by atoms with Gasteiger partial charge in [-0.2, -0.15) is 0 Å². The van der Waals surface area contributed by atoms with Crippen LogP contribution >= 0.6 is 0 Å². The zero-order chi connectivity index (χ0) is 21.1. The molecule has 0 radical (unpaired) electrons. The topological polar surface area (TPSA) is 108 Å². The van der Waals surface area contributed by atoms with Gasteiger partial charge in [-0.3, -0.25) is 19.2 Å². The third-order valence-corrected chi connectivity index (χ3v) is 5.25. The molecule has 0 saturated carbocycles. The van der Waals surface area contributed by atoms with Crippen LogP contribution in [0.4, 0.5) is 17.1 Å². The number of hydrogen-bond donors (Lipinski definition) is 3. The van der Waals surface area contributed by atoms with Gasteiger partial charge in [-0.25, -0.2) is 0 Å². The van der Waals surface area contributed by atoms with Crippen molar-refractivity contribution in [3.8, 4) is 0 Å². The molecule has 4 rings (SSSR count). The summed E-state index contributed by atoms with van der Waals surface area (Å²) in [7, 11) is 0. The van der Waals surface area contributed by atoms with Crippen LogP contribution in [0.1, 0.15) is 36.0 Å². The molecule has 8 nitrogen and oxygen atoms in total. The monoisotopic (exact) mass is 406 g/mol. The zero-order valence-corrected chi connectivity index (χ0v) is 16.3. The fraction of sp³-hybridized carbons (Fsp3) is 0.273. The van der Waals surface area contributed by atoms with E-state index in [1.54, 1.807) is 53.4 Å². The lowest BCUT2D eigenvalue weighted by Crippen LogP contribution is -2.41. The van der Waals surface area contributed by atoms with E-state index in [-0.39, 0.29) is 36.5 Å². The SMILES string of the molecule is O=C(CC[C@H]1NC(=O)c2ccccc2NC1=O)Nc1ccc(N2CCCC2=O)cc1. The highest BCUT2D eigenvalue weighted by atomic mass is 16.2. The van der Waals surface area contributed by atoms with Crippen molar-refractivity contribution in [2.24, 2.45) is 0 Å². The normalized spacial score (nSPS) is 18.3. The van der Waals surface area contributed by atoms with Crippen LogP contribution in [0.2, 0.25) is 0 Å². The molecule has 1 fully saturated rings. The lowest BCUT2D eigenvalue weighted by Gasteiger charge is -2.16. The van der Waals surface area contributed by atoms with E-state index in [4.69, 9.17) is 0 Å². The zero-order valence-electron chi connectivity index (χ0n) is 16.3. The third kappa shape index (κ3) is 4.17. The van der Waals surface area contributed by atoms with Gasteiger partial charge in [-0.1, -0.05) is 12.1 Å². The number of nitrogens with one attached hydrogen (secondary N) is 3. The lowest BCUT2D eigenvalue weighted by atomic mass is 10.1. The molecular weight excluding hydrogens is 384 g/mol. The predicted octanol–water partition coefficient (Wildman–Crippen LogP) is 2.28. The Balaban J connectivity index is 1.32. The minimum Gasteiger partial charge on any atom is -0.340 e. The molecule has 2 aromatic carbocycles. The Labute approximate surface area is 173 Å². The van der Waals surface area contributed by atoms with Crippen LogP contribution < -0.4 is 20.9 Å². The third-order valence-electron chi connectivity index (χ3n) is 5.25. The van der Waals surface area contributed by atoms with E-state index in [0.717, 1.165) is 12.1 Å².